The molecular formula is C23H29N4O2+. The number of quaternary nitrogens is 1. The van der Waals surface area contributed by atoms with E-state index in [4.69, 9.17) is 9.47 Å². The first-order valence-electron chi connectivity index (χ1n) is 10.5. The Morgan fingerprint density at radius 3 is 2.76 bits per heavy atom. The first-order valence-corrected chi connectivity index (χ1v) is 10.5. The van der Waals surface area contributed by atoms with Crippen LogP contribution in [0.5, 0.6) is 11.5 Å². The molecule has 3 aliphatic rings. The van der Waals surface area contributed by atoms with E-state index in [-0.39, 0.29) is 11.8 Å². The van der Waals surface area contributed by atoms with E-state index >= 15 is 0 Å². The van der Waals surface area contributed by atoms with Crippen LogP contribution in [0.4, 0.5) is 0 Å². The van der Waals surface area contributed by atoms with Crippen LogP contribution in [0.25, 0.3) is 5.70 Å². The summed E-state index contributed by atoms with van der Waals surface area (Å²) in [5, 5.41) is 2.33. The summed E-state index contributed by atoms with van der Waals surface area (Å²) < 4.78 is 12.5. The van der Waals surface area contributed by atoms with Crippen molar-refractivity contribution in [2.45, 2.75) is 44.5 Å². The van der Waals surface area contributed by atoms with E-state index in [1.165, 1.54) is 0 Å². The van der Waals surface area contributed by atoms with Crippen molar-refractivity contribution in [3.63, 3.8) is 0 Å². The third-order valence-electron chi connectivity index (χ3n) is 6.59. The minimum absolute atomic E-state index is 0.102. The number of nitrogens with zero attached hydrogens (tertiary/aromatic N) is 2. The highest BCUT2D eigenvalue weighted by Gasteiger charge is 2.53. The third kappa shape index (κ3) is 2.98. The molecule has 1 atom stereocenters. The zero-order chi connectivity index (χ0) is 20.0. The van der Waals surface area contributed by atoms with Gasteiger partial charge in [-0.2, -0.15) is 5.01 Å². The van der Waals surface area contributed by atoms with Crippen molar-refractivity contribution in [3.05, 3.63) is 59.9 Å². The fraction of sp³-hybridized carbons (Fsp3) is 0.435. The molecule has 1 aromatic heterocycles. The van der Waals surface area contributed by atoms with Crippen LogP contribution >= 0.6 is 0 Å². The number of fused-ring (bicyclic) bond motifs is 4. The second kappa shape index (κ2) is 7.04. The maximum Gasteiger partial charge on any atom is 0.191 e. The van der Waals surface area contributed by atoms with Gasteiger partial charge in [0.2, 0.25) is 0 Å². The van der Waals surface area contributed by atoms with Crippen LogP contribution in [-0.2, 0) is 0 Å². The van der Waals surface area contributed by atoms with Crippen LogP contribution in [0.15, 0.2) is 48.8 Å². The van der Waals surface area contributed by atoms with Gasteiger partial charge in [0.15, 0.2) is 17.2 Å². The number of hydrogen-bond acceptors (Lipinski definition) is 5. The minimum Gasteiger partial charge on any atom is -0.493 e. The van der Waals surface area contributed by atoms with Crippen LogP contribution in [0, 0.1) is 0 Å². The number of rotatable bonds is 3. The molecule has 2 aromatic rings. The van der Waals surface area contributed by atoms with E-state index < -0.39 is 0 Å². The van der Waals surface area contributed by atoms with Crippen LogP contribution in [-0.4, -0.2) is 42.0 Å². The van der Waals surface area contributed by atoms with Crippen LogP contribution < -0.4 is 19.8 Å². The van der Waals surface area contributed by atoms with Crippen LogP contribution in [0.3, 0.4) is 0 Å². The maximum absolute atomic E-state index is 6.78. The van der Waals surface area contributed by atoms with Gasteiger partial charge in [0.1, 0.15) is 0 Å². The molecule has 6 nitrogen and oxygen atoms in total. The summed E-state index contributed by atoms with van der Waals surface area (Å²) in [6.07, 6.45) is 7.94. The molecule has 1 aromatic carbocycles. The highest BCUT2D eigenvalue weighted by molar-refractivity contribution is 5.67. The van der Waals surface area contributed by atoms with E-state index in [0.717, 1.165) is 54.3 Å². The van der Waals surface area contributed by atoms with Crippen molar-refractivity contribution in [2.24, 2.45) is 0 Å². The van der Waals surface area contributed by atoms with Crippen LogP contribution in [0.1, 0.15) is 43.9 Å². The van der Waals surface area contributed by atoms with Crippen molar-refractivity contribution >= 4 is 5.70 Å². The molecule has 6 heteroatoms. The molecule has 0 radical (unpaired) electrons. The molecule has 0 bridgehead atoms. The first-order chi connectivity index (χ1) is 14.1. The van der Waals surface area contributed by atoms with E-state index in [1.54, 1.807) is 12.0 Å². The molecule has 1 spiro atoms. The Bertz CT molecular complexity index is 920. The number of benzene rings is 1. The quantitative estimate of drug-likeness (QED) is 0.837. The average molecular weight is 394 g/mol. The van der Waals surface area contributed by atoms with E-state index in [1.807, 2.05) is 30.6 Å². The second-order valence-electron chi connectivity index (χ2n) is 8.49. The lowest BCUT2D eigenvalue weighted by Crippen LogP contribution is -3.16. The van der Waals surface area contributed by atoms with Gasteiger partial charge in [-0.15, -0.1) is 0 Å². The highest BCUT2D eigenvalue weighted by atomic mass is 16.5. The number of para-hydroxylation sites is 1. The largest absolute Gasteiger partial charge is 0.493 e. The summed E-state index contributed by atoms with van der Waals surface area (Å²) in [7, 11) is 1.72. The zero-order valence-corrected chi connectivity index (χ0v) is 17.3. The molecule has 4 heterocycles. The number of hydrogen-bond donors (Lipinski definition) is 2. The second-order valence-corrected chi connectivity index (χ2v) is 8.49. The standard InChI is InChI=1S/C23H28N4O2/c1-16(2)26-12-9-23(10-13-26)27-20(14-19(25-27)17-6-5-11-24-15-17)18-7-4-8-21(28-3)22(18)29-23/h4-8,11,14-16,20,25H,9-10,12-13H2,1-3H3/p+1/t20-/m0/s1. The molecule has 1 fully saturated rings. The molecule has 1 saturated heterocycles. The lowest BCUT2D eigenvalue weighted by molar-refractivity contribution is -0.929. The van der Waals surface area contributed by atoms with Gasteiger partial charge in [0, 0.05) is 23.5 Å². The smallest absolute Gasteiger partial charge is 0.191 e. The summed E-state index contributed by atoms with van der Waals surface area (Å²) in [5.74, 6) is 1.69. The summed E-state index contributed by atoms with van der Waals surface area (Å²) >= 11 is 0. The molecule has 29 heavy (non-hydrogen) atoms. The molecule has 0 aliphatic carbocycles. The van der Waals surface area contributed by atoms with Crippen molar-refractivity contribution < 1.29 is 14.4 Å². The van der Waals surface area contributed by atoms with Gasteiger partial charge in [0.05, 0.1) is 50.8 Å². The Kier molecular flexibility index (Phi) is 4.48. The Labute approximate surface area is 172 Å². The fourth-order valence-electron chi connectivity index (χ4n) is 4.89. The summed E-state index contributed by atoms with van der Waals surface area (Å²) in [5.41, 5.74) is 6.60. The van der Waals surface area contributed by atoms with Crippen molar-refractivity contribution in [3.8, 4) is 11.5 Å². The molecular weight excluding hydrogens is 364 g/mol. The molecule has 0 saturated carbocycles. The van der Waals surface area contributed by atoms with E-state index in [2.05, 4.69) is 47.5 Å². The van der Waals surface area contributed by atoms with Crippen molar-refractivity contribution in [1.29, 1.82) is 0 Å². The normalized spacial score (nSPS) is 28.3. The number of aromatic nitrogens is 1. The Balaban J connectivity index is 1.56. The predicted molar refractivity (Wildman–Crippen MR) is 111 cm³/mol. The molecule has 152 valence electrons. The monoisotopic (exact) mass is 393 g/mol. The number of likely N-dealkylation sites (tertiary alicyclic amines) is 1. The fourth-order valence-corrected chi connectivity index (χ4v) is 4.89. The van der Waals surface area contributed by atoms with Crippen molar-refractivity contribution in [2.75, 3.05) is 20.2 Å². The predicted octanol–water partition coefficient (Wildman–Crippen LogP) is 2.17. The molecule has 5 rings (SSSR count). The average Bonchev–Trinajstić information content (AvgIpc) is 3.21. The van der Waals surface area contributed by atoms with E-state index in [0.29, 0.717) is 6.04 Å². The topological polar surface area (TPSA) is 51.1 Å². The molecule has 0 unspecified atom stereocenters. The molecule has 0 amide bonds. The summed E-state index contributed by atoms with van der Waals surface area (Å²) in [6, 6.07) is 11.0. The summed E-state index contributed by atoms with van der Waals surface area (Å²) in [6.45, 7) is 6.78. The lowest BCUT2D eigenvalue weighted by atomic mass is 9.92. The number of ether oxygens (including phenoxy) is 2. The van der Waals surface area contributed by atoms with Gasteiger partial charge in [0.25, 0.3) is 0 Å². The van der Waals surface area contributed by atoms with Gasteiger partial charge in [-0.05, 0) is 38.1 Å². The Morgan fingerprint density at radius 1 is 1.24 bits per heavy atom. The maximum atomic E-state index is 6.78. The van der Waals surface area contributed by atoms with Gasteiger partial charge in [-0.3, -0.25) is 4.98 Å². The third-order valence-corrected chi connectivity index (χ3v) is 6.59. The number of methoxy groups -OCH3 is 1. The number of nitrogens with one attached hydrogen (secondary N) is 2. The highest BCUT2D eigenvalue weighted by Crippen LogP contribution is 2.50. The molecule has 2 N–H and O–H groups in total. The molecule has 3 aliphatic heterocycles. The van der Waals surface area contributed by atoms with E-state index in [9.17, 15) is 0 Å². The number of hydrazine groups is 1. The minimum atomic E-state index is -0.384. The van der Waals surface area contributed by atoms with Crippen LogP contribution in [0.2, 0.25) is 0 Å². The van der Waals surface area contributed by atoms with Gasteiger partial charge >= 0.3 is 0 Å². The number of pyridine rings is 1. The first kappa shape index (κ1) is 18.5. The lowest BCUT2D eigenvalue weighted by Gasteiger charge is -2.51. The summed E-state index contributed by atoms with van der Waals surface area (Å²) in [4.78, 5) is 5.94. The Hall–Kier alpha value is -2.57. The SMILES string of the molecule is COc1cccc2c1OC1(CC[NH+](C(C)C)CC1)N1NC(c3cccnc3)=C[C@@H]21. The number of piperidine rings is 1. The van der Waals surface area contributed by atoms with Gasteiger partial charge in [-0.1, -0.05) is 12.1 Å². The Morgan fingerprint density at radius 2 is 2.07 bits per heavy atom. The zero-order valence-electron chi connectivity index (χ0n) is 17.3. The van der Waals surface area contributed by atoms with Gasteiger partial charge in [-0.25, -0.2) is 0 Å². The van der Waals surface area contributed by atoms with Gasteiger partial charge < -0.3 is 19.8 Å². The van der Waals surface area contributed by atoms with Crippen molar-refractivity contribution in [1.82, 2.24) is 15.4 Å².